The lowest BCUT2D eigenvalue weighted by atomic mass is 9.87. The van der Waals surface area contributed by atoms with Crippen LogP contribution in [0.1, 0.15) is 37.3 Å². The molecular formula is C14H16O4. The number of rotatable bonds is 4. The van der Waals surface area contributed by atoms with Crippen LogP contribution in [0.15, 0.2) is 12.1 Å². The van der Waals surface area contributed by atoms with Gasteiger partial charge in [-0.15, -0.1) is 0 Å². The molecule has 0 aromatic heterocycles. The monoisotopic (exact) mass is 248 g/mol. The van der Waals surface area contributed by atoms with Gasteiger partial charge in [-0.2, -0.15) is 0 Å². The number of hydrogen-bond acceptors (Lipinski definition) is 3. The van der Waals surface area contributed by atoms with E-state index in [4.69, 9.17) is 14.6 Å². The SMILES string of the molecule is CCc1c(C2(CC(=O)O)CC2)ccc2c1OCO2. The fraction of sp³-hybridized carbons (Fsp3) is 0.500. The lowest BCUT2D eigenvalue weighted by Gasteiger charge is -2.18. The molecule has 1 N–H and O–H groups in total. The molecule has 0 atom stereocenters. The summed E-state index contributed by atoms with van der Waals surface area (Å²) in [6, 6.07) is 3.92. The van der Waals surface area contributed by atoms with Crippen LogP contribution < -0.4 is 9.47 Å². The number of benzene rings is 1. The Hall–Kier alpha value is -1.71. The first kappa shape index (κ1) is 11.4. The van der Waals surface area contributed by atoms with Gasteiger partial charge in [0.2, 0.25) is 6.79 Å². The van der Waals surface area contributed by atoms with Crippen molar-refractivity contribution in [2.75, 3.05) is 6.79 Å². The number of carboxylic acids is 1. The van der Waals surface area contributed by atoms with Crippen LogP contribution in [-0.4, -0.2) is 17.9 Å². The van der Waals surface area contributed by atoms with Gasteiger partial charge in [0.15, 0.2) is 11.5 Å². The molecule has 4 nitrogen and oxygen atoms in total. The molecule has 2 aliphatic rings. The molecule has 1 fully saturated rings. The van der Waals surface area contributed by atoms with E-state index >= 15 is 0 Å². The quantitative estimate of drug-likeness (QED) is 0.889. The van der Waals surface area contributed by atoms with Gasteiger partial charge in [0.1, 0.15) is 0 Å². The van der Waals surface area contributed by atoms with Crippen molar-refractivity contribution in [2.24, 2.45) is 0 Å². The van der Waals surface area contributed by atoms with Crippen LogP contribution >= 0.6 is 0 Å². The average Bonchev–Trinajstić information content (AvgIpc) is 2.94. The Bertz CT molecular complexity index is 503. The maximum Gasteiger partial charge on any atom is 0.304 e. The second kappa shape index (κ2) is 3.90. The molecule has 0 spiro atoms. The number of ether oxygens (including phenoxy) is 2. The molecular weight excluding hydrogens is 232 g/mol. The first-order valence-corrected chi connectivity index (χ1v) is 6.30. The first-order chi connectivity index (χ1) is 8.66. The van der Waals surface area contributed by atoms with Gasteiger partial charge in [-0.05, 0) is 30.9 Å². The van der Waals surface area contributed by atoms with Gasteiger partial charge >= 0.3 is 5.97 Å². The maximum atomic E-state index is 11.0. The molecule has 1 heterocycles. The molecule has 3 rings (SSSR count). The van der Waals surface area contributed by atoms with Crippen molar-refractivity contribution in [1.82, 2.24) is 0 Å². The summed E-state index contributed by atoms with van der Waals surface area (Å²) < 4.78 is 10.9. The van der Waals surface area contributed by atoms with E-state index in [2.05, 4.69) is 6.92 Å². The van der Waals surface area contributed by atoms with Crippen molar-refractivity contribution >= 4 is 5.97 Å². The molecule has 0 bridgehead atoms. The van der Waals surface area contributed by atoms with Gasteiger partial charge in [0.05, 0.1) is 6.42 Å². The molecule has 18 heavy (non-hydrogen) atoms. The average molecular weight is 248 g/mol. The molecule has 1 saturated carbocycles. The van der Waals surface area contributed by atoms with E-state index in [9.17, 15) is 4.79 Å². The number of hydrogen-bond donors (Lipinski definition) is 1. The van der Waals surface area contributed by atoms with Crippen molar-refractivity contribution in [1.29, 1.82) is 0 Å². The molecule has 1 aromatic carbocycles. The maximum absolute atomic E-state index is 11.0. The third kappa shape index (κ3) is 1.64. The van der Waals surface area contributed by atoms with E-state index in [0.29, 0.717) is 0 Å². The van der Waals surface area contributed by atoms with Gasteiger partial charge in [-0.25, -0.2) is 0 Å². The van der Waals surface area contributed by atoms with Crippen molar-refractivity contribution in [3.05, 3.63) is 23.3 Å². The van der Waals surface area contributed by atoms with Gasteiger partial charge < -0.3 is 14.6 Å². The summed E-state index contributed by atoms with van der Waals surface area (Å²) in [5, 5.41) is 9.05. The zero-order chi connectivity index (χ0) is 12.8. The molecule has 1 aliphatic heterocycles. The van der Waals surface area contributed by atoms with Gasteiger partial charge in [0, 0.05) is 11.0 Å². The van der Waals surface area contributed by atoms with Crippen molar-refractivity contribution in [2.45, 2.75) is 38.0 Å². The van der Waals surface area contributed by atoms with Crippen LogP contribution in [0.5, 0.6) is 11.5 Å². The molecule has 96 valence electrons. The fourth-order valence-corrected chi connectivity index (χ4v) is 2.86. The Morgan fingerprint density at radius 2 is 2.17 bits per heavy atom. The minimum absolute atomic E-state index is 0.168. The minimum atomic E-state index is -0.729. The van der Waals surface area contributed by atoms with Gasteiger partial charge in [0.25, 0.3) is 0 Å². The lowest BCUT2D eigenvalue weighted by Crippen LogP contribution is -2.15. The first-order valence-electron chi connectivity index (χ1n) is 6.30. The van der Waals surface area contributed by atoms with Crippen molar-refractivity contribution in [3.63, 3.8) is 0 Å². The molecule has 0 saturated heterocycles. The van der Waals surface area contributed by atoms with Crippen LogP contribution in [0.3, 0.4) is 0 Å². The highest BCUT2D eigenvalue weighted by atomic mass is 16.7. The normalized spacial score (nSPS) is 18.7. The zero-order valence-electron chi connectivity index (χ0n) is 10.4. The summed E-state index contributed by atoms with van der Waals surface area (Å²) in [6.07, 6.45) is 2.95. The molecule has 0 unspecified atom stereocenters. The second-order valence-electron chi connectivity index (χ2n) is 5.03. The minimum Gasteiger partial charge on any atom is -0.481 e. The van der Waals surface area contributed by atoms with Gasteiger partial charge in [-0.3, -0.25) is 4.79 Å². The molecule has 4 heteroatoms. The molecule has 0 amide bonds. The van der Waals surface area contributed by atoms with Crippen molar-refractivity contribution < 1.29 is 19.4 Å². The highest BCUT2D eigenvalue weighted by molar-refractivity contribution is 5.71. The summed E-state index contributed by atoms with van der Waals surface area (Å²) in [6.45, 7) is 2.33. The highest BCUT2D eigenvalue weighted by Gasteiger charge is 2.47. The Morgan fingerprint density at radius 3 is 2.78 bits per heavy atom. The summed E-state index contributed by atoms with van der Waals surface area (Å²) in [5.74, 6) is 0.862. The largest absolute Gasteiger partial charge is 0.481 e. The predicted octanol–water partition coefficient (Wildman–Crippen LogP) is 2.48. The van der Waals surface area contributed by atoms with Crippen LogP contribution in [0, 0.1) is 0 Å². The van der Waals surface area contributed by atoms with E-state index in [0.717, 1.165) is 41.9 Å². The van der Waals surface area contributed by atoms with Gasteiger partial charge in [-0.1, -0.05) is 13.0 Å². The van der Waals surface area contributed by atoms with Crippen LogP contribution in [0.4, 0.5) is 0 Å². The topological polar surface area (TPSA) is 55.8 Å². The summed E-state index contributed by atoms with van der Waals surface area (Å²) in [7, 11) is 0. The Kier molecular flexibility index (Phi) is 2.47. The van der Waals surface area contributed by atoms with E-state index in [1.807, 2.05) is 12.1 Å². The summed E-state index contributed by atoms with van der Waals surface area (Å²) in [4.78, 5) is 11.0. The van der Waals surface area contributed by atoms with Crippen LogP contribution in [0.25, 0.3) is 0 Å². The zero-order valence-corrected chi connectivity index (χ0v) is 10.4. The summed E-state index contributed by atoms with van der Waals surface area (Å²) in [5.41, 5.74) is 2.08. The Labute approximate surface area is 106 Å². The standard InChI is InChI=1S/C14H16O4/c1-2-9-10(14(5-6-14)7-12(15)16)3-4-11-13(9)18-8-17-11/h3-4H,2,5-8H2,1H3,(H,15,16). The summed E-state index contributed by atoms with van der Waals surface area (Å²) >= 11 is 0. The second-order valence-corrected chi connectivity index (χ2v) is 5.03. The molecule has 0 radical (unpaired) electrons. The Morgan fingerprint density at radius 1 is 1.39 bits per heavy atom. The van der Waals surface area contributed by atoms with Crippen LogP contribution in [-0.2, 0) is 16.6 Å². The number of aliphatic carboxylic acids is 1. The highest BCUT2D eigenvalue weighted by Crippen LogP contribution is 2.54. The van der Waals surface area contributed by atoms with Crippen LogP contribution in [0.2, 0.25) is 0 Å². The Balaban J connectivity index is 2.05. The number of fused-ring (bicyclic) bond motifs is 1. The molecule has 1 aliphatic carbocycles. The fourth-order valence-electron chi connectivity index (χ4n) is 2.86. The van der Waals surface area contributed by atoms with E-state index in [1.165, 1.54) is 0 Å². The lowest BCUT2D eigenvalue weighted by molar-refractivity contribution is -0.137. The van der Waals surface area contributed by atoms with E-state index in [1.54, 1.807) is 0 Å². The van der Waals surface area contributed by atoms with E-state index < -0.39 is 5.97 Å². The third-order valence-corrected chi connectivity index (χ3v) is 3.91. The van der Waals surface area contributed by atoms with E-state index in [-0.39, 0.29) is 18.6 Å². The molecule has 1 aromatic rings. The third-order valence-electron chi connectivity index (χ3n) is 3.91. The number of carbonyl (C=O) groups is 1. The predicted molar refractivity (Wildman–Crippen MR) is 65.1 cm³/mol. The van der Waals surface area contributed by atoms with Crippen molar-refractivity contribution in [3.8, 4) is 11.5 Å². The smallest absolute Gasteiger partial charge is 0.304 e. The number of carboxylic acid groups (broad SMARTS) is 1.